The summed E-state index contributed by atoms with van der Waals surface area (Å²) in [5.41, 5.74) is 8.52. The summed E-state index contributed by atoms with van der Waals surface area (Å²) < 4.78 is 0. The van der Waals surface area contributed by atoms with E-state index in [2.05, 4.69) is 51.6 Å². The van der Waals surface area contributed by atoms with Crippen LogP contribution < -0.4 is 16.0 Å². The van der Waals surface area contributed by atoms with Gasteiger partial charge in [0.25, 0.3) is 0 Å². The van der Waals surface area contributed by atoms with Gasteiger partial charge in [-0.15, -0.1) is 0 Å². The second-order valence-corrected chi connectivity index (χ2v) is 5.56. The molecule has 0 unspecified atom stereocenters. The van der Waals surface area contributed by atoms with Gasteiger partial charge in [0.05, 0.1) is 0 Å². The molecule has 21 heavy (non-hydrogen) atoms. The Kier molecular flexibility index (Phi) is 4.36. The lowest BCUT2D eigenvalue weighted by molar-refractivity contribution is 0.752. The molecule has 0 aliphatic carbocycles. The fourth-order valence-electron chi connectivity index (χ4n) is 2.71. The van der Waals surface area contributed by atoms with E-state index in [-0.39, 0.29) is 0 Å². The summed E-state index contributed by atoms with van der Waals surface area (Å²) in [6.45, 7) is 2.86. The van der Waals surface area contributed by atoms with Crippen molar-refractivity contribution in [2.45, 2.75) is 18.9 Å². The average molecular weight is 282 g/mol. The molecule has 3 rings (SSSR count). The van der Waals surface area contributed by atoms with Crippen LogP contribution in [0.4, 0.5) is 11.5 Å². The summed E-state index contributed by atoms with van der Waals surface area (Å²) in [5, 5.41) is 3.40. The van der Waals surface area contributed by atoms with Crippen LogP contribution in [0.15, 0.2) is 48.7 Å². The van der Waals surface area contributed by atoms with Crippen LogP contribution >= 0.6 is 0 Å². The Morgan fingerprint density at radius 1 is 1.24 bits per heavy atom. The maximum Gasteiger partial charge on any atom is 0.127 e. The van der Waals surface area contributed by atoms with Gasteiger partial charge in [-0.3, -0.25) is 0 Å². The molecule has 0 amide bonds. The van der Waals surface area contributed by atoms with Gasteiger partial charge in [0.15, 0.2) is 0 Å². The molecule has 0 radical (unpaired) electrons. The molecule has 1 fully saturated rings. The van der Waals surface area contributed by atoms with Crippen LogP contribution in [0.25, 0.3) is 0 Å². The molecule has 4 nitrogen and oxygen atoms in total. The third-order valence-electron chi connectivity index (χ3n) is 3.90. The number of hydrogen-bond donors (Lipinski definition) is 2. The van der Waals surface area contributed by atoms with Crippen LogP contribution in [0, 0.1) is 0 Å². The van der Waals surface area contributed by atoms with Gasteiger partial charge >= 0.3 is 0 Å². The Hall–Kier alpha value is -2.07. The summed E-state index contributed by atoms with van der Waals surface area (Å²) in [7, 11) is 0. The molecule has 1 aliphatic heterocycles. The highest BCUT2D eigenvalue weighted by Gasteiger charge is 2.19. The van der Waals surface area contributed by atoms with Crippen molar-refractivity contribution in [3.63, 3.8) is 0 Å². The topological polar surface area (TPSA) is 54.2 Å². The average Bonchev–Trinajstić information content (AvgIpc) is 2.95. The highest BCUT2D eigenvalue weighted by molar-refractivity contribution is 5.54. The highest BCUT2D eigenvalue weighted by Crippen LogP contribution is 2.21. The first-order valence-electron chi connectivity index (χ1n) is 7.55. The number of nitrogens with zero attached hydrogens (tertiary/aromatic N) is 2. The summed E-state index contributed by atoms with van der Waals surface area (Å²) >= 11 is 0. The zero-order chi connectivity index (χ0) is 14.5. The van der Waals surface area contributed by atoms with Crippen LogP contribution in [0.5, 0.6) is 0 Å². The molecule has 0 saturated carbocycles. The number of benzene rings is 1. The Morgan fingerprint density at radius 2 is 2.10 bits per heavy atom. The summed E-state index contributed by atoms with van der Waals surface area (Å²) in [6.07, 6.45) is 3.93. The quantitative estimate of drug-likeness (QED) is 0.883. The van der Waals surface area contributed by atoms with E-state index in [0.29, 0.717) is 6.04 Å². The predicted molar refractivity (Wildman–Crippen MR) is 87.7 cm³/mol. The lowest BCUT2D eigenvalue weighted by Crippen LogP contribution is -2.26. The number of anilines is 2. The van der Waals surface area contributed by atoms with Gasteiger partial charge in [0.1, 0.15) is 5.82 Å². The third kappa shape index (κ3) is 3.73. The van der Waals surface area contributed by atoms with Crippen LogP contribution in [0.2, 0.25) is 0 Å². The van der Waals surface area contributed by atoms with Crippen molar-refractivity contribution < 1.29 is 0 Å². The van der Waals surface area contributed by atoms with Crippen molar-refractivity contribution in [2.75, 3.05) is 29.9 Å². The highest BCUT2D eigenvalue weighted by atomic mass is 15.2. The Labute approximate surface area is 126 Å². The first-order chi connectivity index (χ1) is 10.3. The molecule has 1 saturated heterocycles. The molecule has 0 spiro atoms. The Bertz CT molecular complexity index is 570. The number of rotatable bonds is 5. The van der Waals surface area contributed by atoms with E-state index in [9.17, 15) is 0 Å². The van der Waals surface area contributed by atoms with Crippen molar-refractivity contribution in [2.24, 2.45) is 5.73 Å². The van der Waals surface area contributed by atoms with E-state index in [1.54, 1.807) is 0 Å². The van der Waals surface area contributed by atoms with Gasteiger partial charge in [-0.25, -0.2) is 4.98 Å². The lowest BCUT2D eigenvalue weighted by atomic mass is 10.1. The number of nitrogens with two attached hydrogens (primary N) is 1. The molecule has 3 N–H and O–H groups in total. The molecule has 1 aliphatic rings. The van der Waals surface area contributed by atoms with Crippen molar-refractivity contribution in [3.05, 3.63) is 54.2 Å². The fraction of sp³-hybridized carbons (Fsp3) is 0.353. The molecular formula is C17H22N4. The van der Waals surface area contributed by atoms with E-state index in [4.69, 9.17) is 5.73 Å². The molecule has 1 aromatic carbocycles. The molecular weight excluding hydrogens is 260 g/mol. The van der Waals surface area contributed by atoms with E-state index in [0.717, 1.165) is 38.3 Å². The van der Waals surface area contributed by atoms with Crippen LogP contribution in [-0.2, 0) is 6.42 Å². The Balaban J connectivity index is 1.56. The minimum absolute atomic E-state index is 0.299. The van der Waals surface area contributed by atoms with Crippen LogP contribution in [0.3, 0.4) is 0 Å². The fourth-order valence-corrected chi connectivity index (χ4v) is 2.71. The SMILES string of the molecule is N[C@H]1CCN(c2ccnc(NCCc3ccccc3)c2)C1. The summed E-state index contributed by atoms with van der Waals surface area (Å²) in [6, 6.07) is 15.0. The van der Waals surface area contributed by atoms with Crippen molar-refractivity contribution in [1.82, 2.24) is 4.98 Å². The van der Waals surface area contributed by atoms with Crippen molar-refractivity contribution >= 4 is 11.5 Å². The maximum atomic E-state index is 5.97. The Morgan fingerprint density at radius 3 is 2.86 bits per heavy atom. The van der Waals surface area contributed by atoms with Crippen molar-refractivity contribution in [3.8, 4) is 0 Å². The third-order valence-corrected chi connectivity index (χ3v) is 3.90. The number of nitrogens with one attached hydrogen (secondary N) is 1. The largest absolute Gasteiger partial charge is 0.370 e. The predicted octanol–water partition coefficient (Wildman–Crippen LogP) is 2.27. The molecule has 4 heteroatoms. The minimum Gasteiger partial charge on any atom is -0.370 e. The monoisotopic (exact) mass is 282 g/mol. The van der Waals surface area contributed by atoms with Gasteiger partial charge < -0.3 is 16.0 Å². The van der Waals surface area contributed by atoms with E-state index in [1.165, 1.54) is 11.3 Å². The van der Waals surface area contributed by atoms with Gasteiger partial charge in [-0.05, 0) is 24.5 Å². The van der Waals surface area contributed by atoms with E-state index < -0.39 is 0 Å². The molecule has 1 atom stereocenters. The van der Waals surface area contributed by atoms with Crippen LogP contribution in [0.1, 0.15) is 12.0 Å². The smallest absolute Gasteiger partial charge is 0.127 e. The second kappa shape index (κ2) is 6.59. The molecule has 110 valence electrons. The molecule has 2 aromatic rings. The molecule has 1 aromatic heterocycles. The van der Waals surface area contributed by atoms with Gasteiger partial charge in [0, 0.05) is 43.6 Å². The van der Waals surface area contributed by atoms with Gasteiger partial charge in [-0.2, -0.15) is 0 Å². The van der Waals surface area contributed by atoms with Gasteiger partial charge in [0.2, 0.25) is 0 Å². The number of pyridine rings is 1. The second-order valence-electron chi connectivity index (χ2n) is 5.56. The van der Waals surface area contributed by atoms with Crippen molar-refractivity contribution in [1.29, 1.82) is 0 Å². The zero-order valence-electron chi connectivity index (χ0n) is 12.2. The van der Waals surface area contributed by atoms with E-state index in [1.807, 2.05) is 12.3 Å². The van der Waals surface area contributed by atoms with E-state index >= 15 is 0 Å². The zero-order valence-corrected chi connectivity index (χ0v) is 12.2. The van der Waals surface area contributed by atoms with Crippen LogP contribution in [-0.4, -0.2) is 30.7 Å². The number of aromatic nitrogens is 1. The minimum atomic E-state index is 0.299. The standard InChI is InChI=1S/C17H22N4/c18-15-8-11-21(13-15)16-7-10-20-17(12-16)19-9-6-14-4-2-1-3-5-14/h1-5,7,10,12,15H,6,8-9,11,13,18H2,(H,19,20)/t15-/m0/s1. The lowest BCUT2D eigenvalue weighted by Gasteiger charge is -2.18. The molecule has 2 heterocycles. The van der Waals surface area contributed by atoms with Gasteiger partial charge in [-0.1, -0.05) is 30.3 Å². The normalized spacial score (nSPS) is 18.0. The molecule has 0 bridgehead atoms. The first kappa shape index (κ1) is 13.9. The first-order valence-corrected chi connectivity index (χ1v) is 7.55. The number of hydrogen-bond acceptors (Lipinski definition) is 4. The maximum absolute atomic E-state index is 5.97. The summed E-state index contributed by atoms with van der Waals surface area (Å²) in [5.74, 6) is 0.934. The summed E-state index contributed by atoms with van der Waals surface area (Å²) in [4.78, 5) is 6.72.